The van der Waals surface area contributed by atoms with Crippen LogP contribution in [0, 0.1) is 0 Å². The van der Waals surface area contributed by atoms with Gasteiger partial charge in [-0.05, 0) is 20.8 Å². The van der Waals surface area contributed by atoms with Crippen LogP contribution in [0.3, 0.4) is 0 Å². The van der Waals surface area contributed by atoms with Gasteiger partial charge in [0.2, 0.25) is 0 Å². The first kappa shape index (κ1) is 17.4. The molecule has 5 nitrogen and oxygen atoms in total. The third-order valence-electron chi connectivity index (χ3n) is 3.24. The second-order valence-corrected chi connectivity index (χ2v) is 6.85. The molecule has 0 fully saturated rings. The van der Waals surface area contributed by atoms with Gasteiger partial charge in [0.1, 0.15) is 5.01 Å². The molecule has 0 atom stereocenters. The zero-order chi connectivity index (χ0) is 16.9. The second kappa shape index (κ2) is 7.57. The summed E-state index contributed by atoms with van der Waals surface area (Å²) in [4.78, 5) is 18.3. The van der Waals surface area contributed by atoms with Crippen LogP contribution in [-0.2, 0) is 6.54 Å². The van der Waals surface area contributed by atoms with Crippen molar-refractivity contribution in [2.75, 3.05) is 13.1 Å². The predicted molar refractivity (Wildman–Crippen MR) is 93.3 cm³/mol. The highest BCUT2D eigenvalue weighted by Crippen LogP contribution is 2.23. The van der Waals surface area contributed by atoms with Crippen molar-refractivity contribution in [1.29, 1.82) is 0 Å². The number of carbonyl (C=O) groups is 1. The van der Waals surface area contributed by atoms with Crippen LogP contribution in [0.15, 0.2) is 35.7 Å². The lowest BCUT2D eigenvalue weighted by Crippen LogP contribution is -2.46. The van der Waals surface area contributed by atoms with Crippen molar-refractivity contribution in [3.05, 3.63) is 41.4 Å². The van der Waals surface area contributed by atoms with E-state index in [0.29, 0.717) is 19.6 Å². The number of nitrogens with zero attached hydrogens (tertiary/aromatic N) is 2. The summed E-state index contributed by atoms with van der Waals surface area (Å²) in [5.41, 5.74) is 1.00. The van der Waals surface area contributed by atoms with Crippen LogP contribution in [0.1, 0.15) is 26.5 Å². The van der Waals surface area contributed by atoms with E-state index in [0.717, 1.165) is 16.3 Å². The molecule has 124 valence electrons. The molecule has 6 heteroatoms. The summed E-state index contributed by atoms with van der Waals surface area (Å²) in [5, 5.41) is 15.6. The Hall–Kier alpha value is -1.92. The number of urea groups is 1. The molecule has 2 N–H and O–H groups in total. The Morgan fingerprint density at radius 1 is 1.35 bits per heavy atom. The Morgan fingerprint density at radius 2 is 2.04 bits per heavy atom. The summed E-state index contributed by atoms with van der Waals surface area (Å²) in [6, 6.07) is 9.78. The van der Waals surface area contributed by atoms with Gasteiger partial charge in [-0.25, -0.2) is 9.78 Å². The van der Waals surface area contributed by atoms with E-state index < -0.39 is 5.60 Å². The smallest absolute Gasteiger partial charge is 0.317 e. The molecule has 0 saturated heterocycles. The molecule has 0 aliphatic heterocycles. The molecular weight excluding hydrogens is 310 g/mol. The lowest BCUT2D eigenvalue weighted by atomic mass is 10.1. The summed E-state index contributed by atoms with van der Waals surface area (Å²) >= 11 is 1.56. The number of likely N-dealkylation sites (N-methyl/N-ethyl adjacent to an activating group) is 1. The van der Waals surface area contributed by atoms with Crippen LogP contribution in [-0.4, -0.2) is 39.7 Å². The minimum absolute atomic E-state index is 0.191. The molecule has 2 aromatic rings. The van der Waals surface area contributed by atoms with Crippen molar-refractivity contribution in [2.45, 2.75) is 32.9 Å². The zero-order valence-corrected chi connectivity index (χ0v) is 14.6. The van der Waals surface area contributed by atoms with Gasteiger partial charge in [-0.2, -0.15) is 0 Å². The molecule has 2 rings (SSSR count). The fraction of sp³-hybridized carbons (Fsp3) is 0.412. The van der Waals surface area contributed by atoms with E-state index >= 15 is 0 Å². The molecule has 0 aliphatic carbocycles. The molecule has 1 heterocycles. The molecule has 1 aromatic heterocycles. The largest absolute Gasteiger partial charge is 0.389 e. The van der Waals surface area contributed by atoms with Crippen molar-refractivity contribution >= 4 is 17.4 Å². The van der Waals surface area contributed by atoms with Gasteiger partial charge in [0.15, 0.2) is 0 Å². The number of hydrogen-bond acceptors (Lipinski definition) is 4. The Morgan fingerprint density at radius 3 is 2.65 bits per heavy atom. The van der Waals surface area contributed by atoms with E-state index in [-0.39, 0.29) is 6.03 Å². The van der Waals surface area contributed by atoms with Crippen molar-refractivity contribution in [1.82, 2.24) is 15.2 Å². The van der Waals surface area contributed by atoms with Gasteiger partial charge < -0.3 is 15.3 Å². The number of carbonyl (C=O) groups excluding carboxylic acids is 1. The van der Waals surface area contributed by atoms with Gasteiger partial charge in [-0.15, -0.1) is 11.3 Å². The standard InChI is InChI=1S/C17H23N3O2S/c1-4-20(12-17(2,3)22)16(21)18-10-14-11-23-15(19-14)13-8-6-5-7-9-13/h5-9,11,22H,4,10,12H2,1-3H3,(H,18,21). The van der Waals surface area contributed by atoms with Gasteiger partial charge >= 0.3 is 6.03 Å². The molecule has 1 aromatic carbocycles. The third kappa shape index (κ3) is 5.33. The van der Waals surface area contributed by atoms with Crippen LogP contribution in [0.5, 0.6) is 0 Å². The predicted octanol–water partition coefficient (Wildman–Crippen LogP) is 3.11. The van der Waals surface area contributed by atoms with Gasteiger partial charge in [-0.3, -0.25) is 0 Å². The Bertz CT molecular complexity index is 635. The van der Waals surface area contributed by atoms with Crippen LogP contribution >= 0.6 is 11.3 Å². The Kier molecular flexibility index (Phi) is 5.74. The number of nitrogens with one attached hydrogen (secondary N) is 1. The fourth-order valence-corrected chi connectivity index (χ4v) is 3.00. The second-order valence-electron chi connectivity index (χ2n) is 6.00. The first-order chi connectivity index (χ1) is 10.9. The van der Waals surface area contributed by atoms with Gasteiger partial charge in [0.05, 0.1) is 24.4 Å². The van der Waals surface area contributed by atoms with Gasteiger partial charge in [0.25, 0.3) is 0 Å². The quantitative estimate of drug-likeness (QED) is 0.853. The first-order valence-electron chi connectivity index (χ1n) is 7.64. The maximum Gasteiger partial charge on any atom is 0.317 e. The van der Waals surface area contributed by atoms with E-state index in [9.17, 15) is 9.90 Å². The summed E-state index contributed by atoms with van der Waals surface area (Å²) in [7, 11) is 0. The maximum atomic E-state index is 12.2. The van der Waals surface area contributed by atoms with Crippen molar-refractivity contribution in [2.24, 2.45) is 0 Å². The van der Waals surface area contributed by atoms with Crippen molar-refractivity contribution < 1.29 is 9.90 Å². The SMILES string of the molecule is CCN(CC(C)(C)O)C(=O)NCc1csc(-c2ccccc2)n1. The molecule has 0 saturated carbocycles. The summed E-state index contributed by atoms with van der Waals surface area (Å²) in [6.45, 7) is 6.49. The Labute approximate surface area is 141 Å². The van der Waals surface area contributed by atoms with Gasteiger partial charge in [0, 0.05) is 17.5 Å². The number of hydrogen-bond donors (Lipinski definition) is 2. The van der Waals surface area contributed by atoms with Crippen molar-refractivity contribution in [3.8, 4) is 10.6 Å². The molecule has 0 radical (unpaired) electrons. The summed E-state index contributed by atoms with van der Waals surface area (Å²) in [5.74, 6) is 0. The molecule has 23 heavy (non-hydrogen) atoms. The average Bonchev–Trinajstić information content (AvgIpc) is 2.99. The lowest BCUT2D eigenvalue weighted by molar-refractivity contribution is 0.0479. The minimum atomic E-state index is -0.908. The number of aromatic nitrogens is 1. The van der Waals surface area contributed by atoms with Crippen LogP contribution in [0.4, 0.5) is 4.79 Å². The normalized spacial score (nSPS) is 11.3. The number of thiazole rings is 1. The average molecular weight is 333 g/mol. The summed E-state index contributed by atoms with van der Waals surface area (Å²) < 4.78 is 0. The fourth-order valence-electron chi connectivity index (χ4n) is 2.17. The van der Waals surface area contributed by atoms with E-state index in [2.05, 4.69) is 10.3 Å². The molecule has 0 unspecified atom stereocenters. The highest BCUT2D eigenvalue weighted by molar-refractivity contribution is 7.13. The van der Waals surface area contributed by atoms with Crippen LogP contribution < -0.4 is 5.32 Å². The highest BCUT2D eigenvalue weighted by Gasteiger charge is 2.21. The summed E-state index contributed by atoms with van der Waals surface area (Å²) in [6.07, 6.45) is 0. The maximum absolute atomic E-state index is 12.2. The molecular formula is C17H23N3O2S. The van der Waals surface area contributed by atoms with Crippen molar-refractivity contribution in [3.63, 3.8) is 0 Å². The lowest BCUT2D eigenvalue weighted by Gasteiger charge is -2.28. The minimum Gasteiger partial charge on any atom is -0.389 e. The number of rotatable bonds is 6. The molecule has 0 aliphatic rings. The number of benzene rings is 1. The van der Waals surface area contributed by atoms with Gasteiger partial charge in [-0.1, -0.05) is 30.3 Å². The molecule has 2 amide bonds. The van der Waals surface area contributed by atoms with E-state index in [4.69, 9.17) is 0 Å². The van der Waals surface area contributed by atoms with E-state index in [1.165, 1.54) is 0 Å². The zero-order valence-electron chi connectivity index (χ0n) is 13.7. The molecule has 0 spiro atoms. The molecule has 0 bridgehead atoms. The topological polar surface area (TPSA) is 65.5 Å². The van der Waals surface area contributed by atoms with E-state index in [1.807, 2.05) is 42.6 Å². The number of aliphatic hydroxyl groups is 1. The van der Waals surface area contributed by atoms with E-state index in [1.54, 1.807) is 30.1 Å². The number of amides is 2. The third-order valence-corrected chi connectivity index (χ3v) is 4.18. The first-order valence-corrected chi connectivity index (χ1v) is 8.52. The van der Waals surface area contributed by atoms with Crippen LogP contribution in [0.25, 0.3) is 10.6 Å². The monoisotopic (exact) mass is 333 g/mol. The van der Waals surface area contributed by atoms with Crippen LogP contribution in [0.2, 0.25) is 0 Å². The highest BCUT2D eigenvalue weighted by atomic mass is 32.1. The Balaban J connectivity index is 1.93.